The molecule has 1 aromatic heterocycles. The second-order valence-electron chi connectivity index (χ2n) is 7.96. The number of nitrogens with one attached hydrogen (secondary N) is 1. The largest absolute Gasteiger partial charge is 0.493 e. The first-order valence-electron chi connectivity index (χ1n) is 10.8. The number of methoxy groups -OCH3 is 2. The molecule has 0 bridgehead atoms. The molecule has 33 heavy (non-hydrogen) atoms. The molecule has 3 aromatic rings. The van der Waals surface area contributed by atoms with Crippen LogP contribution in [0, 0.1) is 0 Å². The molecule has 0 fully saturated rings. The number of carbonyl (C=O) groups excluding carboxylic acids is 1. The number of hydrogen-bond acceptors (Lipinski definition) is 4. The van der Waals surface area contributed by atoms with Gasteiger partial charge in [-0.15, -0.1) is 0 Å². The SMILES string of the molecule is COc1ccc(CCNC(=O)CN2CCn3cccc3C2c2ccc(Cl)c(Cl)c2)cc1OC. The van der Waals surface area contributed by atoms with Crippen molar-refractivity contribution in [1.29, 1.82) is 0 Å². The molecule has 0 aliphatic carbocycles. The lowest BCUT2D eigenvalue weighted by Crippen LogP contribution is -2.44. The zero-order valence-electron chi connectivity index (χ0n) is 18.7. The van der Waals surface area contributed by atoms with E-state index >= 15 is 0 Å². The quantitative estimate of drug-likeness (QED) is 0.505. The summed E-state index contributed by atoms with van der Waals surface area (Å²) in [7, 11) is 3.23. The van der Waals surface area contributed by atoms with Crippen LogP contribution in [0.2, 0.25) is 10.0 Å². The molecular formula is C25H27Cl2N3O3. The fourth-order valence-corrected chi connectivity index (χ4v) is 4.60. The first-order valence-corrected chi connectivity index (χ1v) is 11.6. The van der Waals surface area contributed by atoms with Crippen LogP contribution < -0.4 is 14.8 Å². The summed E-state index contributed by atoms with van der Waals surface area (Å²) in [4.78, 5) is 15.0. The predicted octanol–water partition coefficient (Wildman–Crippen LogP) is 4.58. The first kappa shape index (κ1) is 23.5. The van der Waals surface area contributed by atoms with Crippen LogP contribution in [0.5, 0.6) is 11.5 Å². The Bertz CT molecular complexity index is 1130. The molecule has 0 spiro atoms. The fraction of sp³-hybridized carbons (Fsp3) is 0.320. The molecule has 6 nitrogen and oxygen atoms in total. The van der Waals surface area contributed by atoms with Crippen LogP contribution in [-0.2, 0) is 17.8 Å². The molecule has 1 aliphatic heterocycles. The second kappa shape index (κ2) is 10.5. The monoisotopic (exact) mass is 487 g/mol. The average Bonchev–Trinajstić information content (AvgIpc) is 3.29. The number of fused-ring (bicyclic) bond motifs is 1. The van der Waals surface area contributed by atoms with Crippen molar-refractivity contribution in [2.24, 2.45) is 0 Å². The van der Waals surface area contributed by atoms with Crippen LogP contribution in [0.15, 0.2) is 54.7 Å². The Morgan fingerprint density at radius 3 is 2.61 bits per heavy atom. The zero-order valence-corrected chi connectivity index (χ0v) is 20.2. The van der Waals surface area contributed by atoms with Gasteiger partial charge >= 0.3 is 0 Å². The number of amides is 1. The third-order valence-electron chi connectivity index (χ3n) is 5.93. The van der Waals surface area contributed by atoms with E-state index < -0.39 is 0 Å². The van der Waals surface area contributed by atoms with Crippen LogP contribution >= 0.6 is 23.2 Å². The second-order valence-corrected chi connectivity index (χ2v) is 8.78. The van der Waals surface area contributed by atoms with Crippen molar-refractivity contribution < 1.29 is 14.3 Å². The van der Waals surface area contributed by atoms with E-state index in [9.17, 15) is 4.79 Å². The smallest absolute Gasteiger partial charge is 0.234 e. The van der Waals surface area contributed by atoms with E-state index in [1.807, 2.05) is 42.5 Å². The minimum absolute atomic E-state index is 0.0134. The lowest BCUT2D eigenvalue weighted by Gasteiger charge is -2.37. The Morgan fingerprint density at radius 1 is 1.03 bits per heavy atom. The third-order valence-corrected chi connectivity index (χ3v) is 6.67. The van der Waals surface area contributed by atoms with Gasteiger partial charge in [0.25, 0.3) is 0 Å². The number of rotatable bonds is 8. The van der Waals surface area contributed by atoms with Crippen molar-refractivity contribution in [3.8, 4) is 11.5 Å². The minimum Gasteiger partial charge on any atom is -0.493 e. The molecule has 0 saturated heterocycles. The van der Waals surface area contributed by atoms with Crippen molar-refractivity contribution in [3.05, 3.63) is 81.6 Å². The standard InChI is InChI=1S/C25H27Cl2N3O3/c1-32-22-8-5-17(14-23(22)33-2)9-10-28-24(31)16-30-13-12-29-11-3-4-21(29)25(30)18-6-7-19(26)20(27)15-18/h3-8,11,14-15,25H,9-10,12-13,16H2,1-2H3,(H,28,31). The van der Waals surface area contributed by atoms with Gasteiger partial charge in [0.15, 0.2) is 11.5 Å². The Balaban J connectivity index is 1.41. The number of ether oxygens (including phenoxy) is 2. The predicted molar refractivity (Wildman–Crippen MR) is 131 cm³/mol. The Morgan fingerprint density at radius 2 is 1.85 bits per heavy atom. The Hall–Kier alpha value is -2.67. The molecule has 8 heteroatoms. The lowest BCUT2D eigenvalue weighted by molar-refractivity contribution is -0.122. The number of benzene rings is 2. The van der Waals surface area contributed by atoms with Crippen molar-refractivity contribution in [1.82, 2.24) is 14.8 Å². The summed E-state index contributed by atoms with van der Waals surface area (Å²) in [5.74, 6) is 1.36. The summed E-state index contributed by atoms with van der Waals surface area (Å²) < 4.78 is 12.9. The molecule has 1 N–H and O–H groups in total. The number of carbonyl (C=O) groups is 1. The van der Waals surface area contributed by atoms with Gasteiger partial charge in [-0.2, -0.15) is 0 Å². The van der Waals surface area contributed by atoms with E-state index in [0.717, 1.165) is 29.9 Å². The summed E-state index contributed by atoms with van der Waals surface area (Å²) in [5.41, 5.74) is 3.22. The molecule has 1 unspecified atom stereocenters. The molecule has 4 rings (SSSR count). The van der Waals surface area contributed by atoms with Crippen LogP contribution in [0.3, 0.4) is 0 Å². The van der Waals surface area contributed by atoms with Gasteiger partial charge in [-0.05, 0) is 53.9 Å². The number of halogens is 2. The summed E-state index contributed by atoms with van der Waals surface area (Å²) in [6.45, 7) is 2.42. The van der Waals surface area contributed by atoms with Crippen LogP contribution in [0.4, 0.5) is 0 Å². The maximum absolute atomic E-state index is 12.8. The average molecular weight is 488 g/mol. The van der Waals surface area contributed by atoms with Gasteiger partial charge in [0.2, 0.25) is 5.91 Å². The van der Waals surface area contributed by atoms with Gasteiger partial charge in [-0.1, -0.05) is 35.3 Å². The highest BCUT2D eigenvalue weighted by Crippen LogP contribution is 2.35. The van der Waals surface area contributed by atoms with Crippen molar-refractivity contribution in [2.45, 2.75) is 19.0 Å². The topological polar surface area (TPSA) is 55.7 Å². The molecule has 0 saturated carbocycles. The first-order chi connectivity index (χ1) is 16.0. The van der Waals surface area contributed by atoms with E-state index in [-0.39, 0.29) is 11.9 Å². The summed E-state index contributed by atoms with van der Waals surface area (Å²) in [6.07, 6.45) is 2.77. The van der Waals surface area contributed by atoms with Crippen molar-refractivity contribution >= 4 is 29.1 Å². The molecule has 0 radical (unpaired) electrons. The third kappa shape index (κ3) is 5.29. The van der Waals surface area contributed by atoms with Gasteiger partial charge in [-0.25, -0.2) is 0 Å². The molecule has 1 aliphatic rings. The summed E-state index contributed by atoms with van der Waals surface area (Å²) in [6, 6.07) is 15.5. The number of hydrogen-bond donors (Lipinski definition) is 1. The lowest BCUT2D eigenvalue weighted by atomic mass is 10.00. The van der Waals surface area contributed by atoms with Gasteiger partial charge in [0.1, 0.15) is 0 Å². The molecule has 2 heterocycles. The van der Waals surface area contributed by atoms with Crippen molar-refractivity contribution in [3.63, 3.8) is 0 Å². The van der Waals surface area contributed by atoms with E-state index in [2.05, 4.69) is 27.0 Å². The maximum atomic E-state index is 12.8. The van der Waals surface area contributed by atoms with E-state index in [0.29, 0.717) is 41.1 Å². The van der Waals surface area contributed by atoms with Crippen LogP contribution in [0.25, 0.3) is 0 Å². The highest BCUT2D eigenvalue weighted by Gasteiger charge is 2.30. The normalized spacial score (nSPS) is 15.7. The fourth-order valence-electron chi connectivity index (χ4n) is 4.29. The highest BCUT2D eigenvalue weighted by molar-refractivity contribution is 6.42. The van der Waals surface area contributed by atoms with Gasteiger partial charge in [0.05, 0.1) is 36.9 Å². The maximum Gasteiger partial charge on any atom is 0.234 e. The van der Waals surface area contributed by atoms with Gasteiger partial charge in [-0.3, -0.25) is 9.69 Å². The Kier molecular flexibility index (Phi) is 7.48. The van der Waals surface area contributed by atoms with E-state index in [1.54, 1.807) is 14.2 Å². The van der Waals surface area contributed by atoms with Gasteiger partial charge < -0.3 is 19.4 Å². The van der Waals surface area contributed by atoms with Crippen LogP contribution in [-0.4, -0.2) is 49.2 Å². The molecule has 1 amide bonds. The van der Waals surface area contributed by atoms with Crippen LogP contribution in [0.1, 0.15) is 22.9 Å². The molecule has 174 valence electrons. The zero-order chi connectivity index (χ0) is 23.4. The molecule has 1 atom stereocenters. The highest BCUT2D eigenvalue weighted by atomic mass is 35.5. The van der Waals surface area contributed by atoms with E-state index in [1.165, 1.54) is 0 Å². The van der Waals surface area contributed by atoms with Crippen molar-refractivity contribution in [2.75, 3.05) is 33.9 Å². The molecule has 2 aromatic carbocycles. The molecular weight excluding hydrogens is 461 g/mol. The number of nitrogens with zero attached hydrogens (tertiary/aromatic N) is 2. The van der Waals surface area contributed by atoms with E-state index in [4.69, 9.17) is 32.7 Å². The Labute approximate surface area is 204 Å². The minimum atomic E-state index is -0.0693. The number of aromatic nitrogens is 1. The summed E-state index contributed by atoms with van der Waals surface area (Å²) >= 11 is 12.4. The van der Waals surface area contributed by atoms with Gasteiger partial charge in [0, 0.05) is 31.5 Å². The summed E-state index contributed by atoms with van der Waals surface area (Å²) in [5, 5.41) is 4.08.